The van der Waals surface area contributed by atoms with E-state index in [2.05, 4.69) is 0 Å². The third kappa shape index (κ3) is 1.95. The summed E-state index contributed by atoms with van der Waals surface area (Å²) in [6, 6.07) is 4.18. The second-order valence-corrected chi connectivity index (χ2v) is 3.14. The summed E-state index contributed by atoms with van der Waals surface area (Å²) in [4.78, 5) is 20.9. The number of hydrogen-bond acceptors (Lipinski definition) is 4. The third-order valence-electron chi connectivity index (χ3n) is 1.90. The predicted octanol–water partition coefficient (Wildman–Crippen LogP) is 2.15. The van der Waals surface area contributed by atoms with E-state index in [1.807, 2.05) is 0 Å². The van der Waals surface area contributed by atoms with Crippen LogP contribution in [0.5, 0.6) is 0 Å². The molecule has 0 spiro atoms. The van der Waals surface area contributed by atoms with Crippen LogP contribution in [-0.2, 0) is 0 Å². The second-order valence-electron chi connectivity index (χ2n) is 2.79. The maximum Gasteiger partial charge on any atom is 0.287 e. The topological polar surface area (TPSA) is 84.0 Å². The Balaban J connectivity index is 3.64. The quantitative estimate of drug-likeness (QED) is 0.438. The number of hydrogen-bond donors (Lipinski definition) is 0. The van der Waals surface area contributed by atoms with Crippen LogP contribution in [0, 0.1) is 28.4 Å². The van der Waals surface area contributed by atoms with Crippen molar-refractivity contribution in [2.75, 3.05) is 0 Å². The first-order chi connectivity index (χ1) is 6.99. The van der Waals surface area contributed by atoms with Crippen LogP contribution in [0.1, 0.15) is 21.5 Å². The van der Waals surface area contributed by atoms with Crippen LogP contribution in [0.25, 0.3) is 0 Å². The van der Waals surface area contributed by atoms with Crippen LogP contribution in [0.2, 0.25) is 0 Å². The second kappa shape index (κ2) is 4.07. The van der Waals surface area contributed by atoms with Gasteiger partial charge in [0.1, 0.15) is 11.6 Å². The smallest absolute Gasteiger partial charge is 0.276 e. The lowest BCUT2D eigenvalue weighted by Gasteiger charge is -2.02. The van der Waals surface area contributed by atoms with Crippen molar-refractivity contribution in [1.82, 2.24) is 0 Å². The standard InChI is InChI=1S/C9H5ClN2O3/c1-5-2-3-7(12(14)15)6(4-11)8(5)9(10)13/h2-3H,1H3. The molecule has 0 saturated carbocycles. The lowest BCUT2D eigenvalue weighted by Crippen LogP contribution is -2.02. The van der Waals surface area contributed by atoms with E-state index < -0.39 is 15.9 Å². The Hall–Kier alpha value is -1.93. The fraction of sp³-hybridized carbons (Fsp3) is 0.111. The van der Waals surface area contributed by atoms with Crippen molar-refractivity contribution in [3.05, 3.63) is 38.9 Å². The molecular formula is C9H5ClN2O3. The molecule has 0 heterocycles. The summed E-state index contributed by atoms with van der Waals surface area (Å²) in [7, 11) is 0. The predicted molar refractivity (Wildman–Crippen MR) is 52.7 cm³/mol. The molecule has 0 aliphatic carbocycles. The molecule has 0 unspecified atom stereocenters. The minimum Gasteiger partial charge on any atom is -0.276 e. The van der Waals surface area contributed by atoms with Gasteiger partial charge in [-0.2, -0.15) is 5.26 Å². The summed E-state index contributed by atoms with van der Waals surface area (Å²) in [6.45, 7) is 1.56. The summed E-state index contributed by atoms with van der Waals surface area (Å²) in [5, 5.41) is 18.5. The molecule has 0 bridgehead atoms. The van der Waals surface area contributed by atoms with Gasteiger partial charge in [-0.3, -0.25) is 14.9 Å². The Morgan fingerprint density at radius 3 is 2.60 bits per heavy atom. The van der Waals surface area contributed by atoms with Crippen LogP contribution < -0.4 is 0 Å². The van der Waals surface area contributed by atoms with Gasteiger partial charge in [-0.25, -0.2) is 0 Å². The summed E-state index contributed by atoms with van der Waals surface area (Å²) in [5.41, 5.74) is -0.363. The minimum atomic E-state index is -0.868. The molecule has 0 fully saturated rings. The lowest BCUT2D eigenvalue weighted by molar-refractivity contribution is -0.385. The molecule has 1 aromatic rings. The number of nitriles is 1. The van der Waals surface area contributed by atoms with Crippen LogP contribution in [-0.4, -0.2) is 10.2 Å². The van der Waals surface area contributed by atoms with Crippen molar-refractivity contribution in [2.45, 2.75) is 6.92 Å². The van der Waals surface area contributed by atoms with E-state index in [1.54, 1.807) is 13.0 Å². The van der Waals surface area contributed by atoms with E-state index in [1.165, 1.54) is 12.1 Å². The largest absolute Gasteiger partial charge is 0.287 e. The molecule has 0 N–H and O–H groups in total. The highest BCUT2D eigenvalue weighted by Crippen LogP contribution is 2.25. The first-order valence-electron chi connectivity index (χ1n) is 3.87. The molecule has 0 aromatic heterocycles. The lowest BCUT2D eigenvalue weighted by atomic mass is 10.0. The molecule has 1 rings (SSSR count). The van der Waals surface area contributed by atoms with Gasteiger partial charge in [0, 0.05) is 6.07 Å². The minimum absolute atomic E-state index is 0.103. The molecule has 15 heavy (non-hydrogen) atoms. The van der Waals surface area contributed by atoms with Crippen molar-refractivity contribution >= 4 is 22.5 Å². The first kappa shape index (κ1) is 11.1. The highest BCUT2D eigenvalue weighted by Gasteiger charge is 2.22. The van der Waals surface area contributed by atoms with E-state index in [0.717, 1.165) is 0 Å². The molecule has 0 amide bonds. The van der Waals surface area contributed by atoms with Crippen molar-refractivity contribution in [2.24, 2.45) is 0 Å². The van der Waals surface area contributed by atoms with Crippen LogP contribution in [0.4, 0.5) is 5.69 Å². The summed E-state index contributed by atoms with van der Waals surface area (Å²) in [5.74, 6) is 0. The van der Waals surface area contributed by atoms with Crippen molar-refractivity contribution < 1.29 is 9.72 Å². The molecule has 0 radical (unpaired) electrons. The Morgan fingerprint density at radius 1 is 1.60 bits per heavy atom. The maximum absolute atomic E-state index is 11.0. The van der Waals surface area contributed by atoms with Gasteiger partial charge >= 0.3 is 0 Å². The van der Waals surface area contributed by atoms with Crippen molar-refractivity contribution in [1.29, 1.82) is 5.26 Å². The number of halogens is 1. The number of carbonyl (C=O) groups is 1. The number of aryl methyl sites for hydroxylation is 1. The number of nitrogens with zero attached hydrogens (tertiary/aromatic N) is 2. The number of nitro benzene ring substituents is 1. The van der Waals surface area contributed by atoms with Gasteiger partial charge in [0.25, 0.3) is 10.9 Å². The van der Waals surface area contributed by atoms with E-state index in [0.29, 0.717) is 5.56 Å². The summed E-state index contributed by atoms with van der Waals surface area (Å²) < 4.78 is 0. The zero-order chi connectivity index (χ0) is 11.6. The van der Waals surface area contributed by atoms with Crippen LogP contribution >= 0.6 is 11.6 Å². The van der Waals surface area contributed by atoms with E-state index in [9.17, 15) is 14.9 Å². The average molecular weight is 225 g/mol. The SMILES string of the molecule is Cc1ccc([N+](=O)[O-])c(C#N)c1C(=O)Cl. The van der Waals surface area contributed by atoms with Crippen LogP contribution in [0.15, 0.2) is 12.1 Å². The number of benzene rings is 1. The van der Waals surface area contributed by atoms with Crippen molar-refractivity contribution in [3.63, 3.8) is 0 Å². The van der Waals surface area contributed by atoms with E-state index >= 15 is 0 Å². The number of nitro groups is 1. The third-order valence-corrected chi connectivity index (χ3v) is 2.09. The van der Waals surface area contributed by atoms with E-state index in [-0.39, 0.29) is 11.1 Å². The highest BCUT2D eigenvalue weighted by molar-refractivity contribution is 6.68. The molecular weight excluding hydrogens is 220 g/mol. The molecule has 1 aromatic carbocycles. The van der Waals surface area contributed by atoms with Crippen LogP contribution in [0.3, 0.4) is 0 Å². The average Bonchev–Trinajstić information content (AvgIpc) is 2.15. The molecule has 0 aliphatic rings. The fourth-order valence-electron chi connectivity index (χ4n) is 1.21. The maximum atomic E-state index is 11.0. The van der Waals surface area contributed by atoms with E-state index in [4.69, 9.17) is 16.9 Å². The Kier molecular flexibility index (Phi) is 3.02. The van der Waals surface area contributed by atoms with Crippen molar-refractivity contribution in [3.8, 4) is 6.07 Å². The monoisotopic (exact) mass is 224 g/mol. The summed E-state index contributed by atoms with van der Waals surface area (Å²) >= 11 is 5.26. The highest BCUT2D eigenvalue weighted by atomic mass is 35.5. The normalized spacial score (nSPS) is 9.40. The molecule has 0 atom stereocenters. The Morgan fingerprint density at radius 2 is 2.20 bits per heavy atom. The number of rotatable bonds is 2. The van der Waals surface area contributed by atoms with Gasteiger partial charge in [-0.05, 0) is 24.1 Å². The summed E-state index contributed by atoms with van der Waals surface area (Å²) in [6.07, 6.45) is 0. The Bertz CT molecular complexity index is 491. The van der Waals surface area contributed by atoms with Gasteiger partial charge in [-0.1, -0.05) is 6.07 Å². The van der Waals surface area contributed by atoms with Gasteiger partial charge < -0.3 is 0 Å². The first-order valence-corrected chi connectivity index (χ1v) is 4.24. The van der Waals surface area contributed by atoms with Gasteiger partial charge in [0.2, 0.25) is 0 Å². The molecule has 76 valence electrons. The molecule has 5 nitrogen and oxygen atoms in total. The van der Waals surface area contributed by atoms with Gasteiger partial charge in [-0.15, -0.1) is 0 Å². The fourth-order valence-corrected chi connectivity index (χ4v) is 1.46. The number of carbonyl (C=O) groups excluding carboxylic acids is 1. The molecule has 6 heteroatoms. The zero-order valence-electron chi connectivity index (χ0n) is 7.65. The van der Waals surface area contributed by atoms with Gasteiger partial charge in [0.05, 0.1) is 10.5 Å². The molecule has 0 saturated heterocycles. The Labute approximate surface area is 90.0 Å². The molecule has 0 aliphatic heterocycles. The zero-order valence-corrected chi connectivity index (χ0v) is 8.41. The van der Waals surface area contributed by atoms with Gasteiger partial charge in [0.15, 0.2) is 0 Å².